The van der Waals surface area contributed by atoms with Gasteiger partial charge in [0.05, 0.1) is 6.61 Å². The SMILES string of the molecule is CCNC(C)c1cc(F)ccc1OCC(CC)CC. The summed E-state index contributed by atoms with van der Waals surface area (Å²) >= 11 is 0. The van der Waals surface area contributed by atoms with E-state index in [-0.39, 0.29) is 11.9 Å². The third-order valence-corrected chi connectivity index (χ3v) is 3.58. The second kappa shape index (κ2) is 8.16. The van der Waals surface area contributed by atoms with Crippen LogP contribution in [0.15, 0.2) is 18.2 Å². The summed E-state index contributed by atoms with van der Waals surface area (Å²) in [7, 11) is 0. The molecule has 0 bridgehead atoms. The normalized spacial score (nSPS) is 12.7. The highest BCUT2D eigenvalue weighted by Gasteiger charge is 2.13. The highest BCUT2D eigenvalue weighted by atomic mass is 19.1. The van der Waals surface area contributed by atoms with Gasteiger partial charge in [0.2, 0.25) is 0 Å². The standard InChI is InChI=1S/C16H26FNO/c1-5-13(6-2)11-19-16-9-8-14(17)10-15(16)12(4)18-7-3/h8-10,12-13,18H,5-7,11H2,1-4H3. The fraction of sp³-hybridized carbons (Fsp3) is 0.625. The predicted molar refractivity (Wildman–Crippen MR) is 78.1 cm³/mol. The lowest BCUT2D eigenvalue weighted by Gasteiger charge is -2.20. The lowest BCUT2D eigenvalue weighted by atomic mass is 10.0. The minimum atomic E-state index is -0.213. The average Bonchev–Trinajstić information content (AvgIpc) is 2.41. The molecular formula is C16H26FNO. The van der Waals surface area contributed by atoms with Gasteiger partial charge < -0.3 is 10.1 Å². The summed E-state index contributed by atoms with van der Waals surface area (Å²) in [6.07, 6.45) is 2.21. The number of benzene rings is 1. The molecule has 2 nitrogen and oxygen atoms in total. The summed E-state index contributed by atoms with van der Waals surface area (Å²) in [5.74, 6) is 1.14. The van der Waals surface area contributed by atoms with E-state index in [2.05, 4.69) is 19.2 Å². The van der Waals surface area contributed by atoms with Crippen LogP contribution in [0.2, 0.25) is 0 Å². The Hall–Kier alpha value is -1.09. The van der Waals surface area contributed by atoms with Gasteiger partial charge in [-0.05, 0) is 37.6 Å². The number of hydrogen-bond acceptors (Lipinski definition) is 2. The molecule has 1 aromatic carbocycles. The molecule has 0 spiro atoms. The first-order valence-corrected chi connectivity index (χ1v) is 7.27. The van der Waals surface area contributed by atoms with Crippen molar-refractivity contribution >= 4 is 0 Å². The van der Waals surface area contributed by atoms with E-state index in [1.165, 1.54) is 6.07 Å². The van der Waals surface area contributed by atoms with Gasteiger partial charge in [-0.25, -0.2) is 4.39 Å². The zero-order valence-electron chi connectivity index (χ0n) is 12.5. The van der Waals surface area contributed by atoms with Crippen molar-refractivity contribution in [2.75, 3.05) is 13.2 Å². The van der Waals surface area contributed by atoms with Gasteiger partial charge >= 0.3 is 0 Å². The molecule has 0 radical (unpaired) electrons. The topological polar surface area (TPSA) is 21.3 Å². The van der Waals surface area contributed by atoms with Crippen LogP contribution in [0.1, 0.15) is 52.1 Å². The maximum atomic E-state index is 13.4. The van der Waals surface area contributed by atoms with Gasteiger partial charge in [0.15, 0.2) is 0 Å². The summed E-state index contributed by atoms with van der Waals surface area (Å²) in [6, 6.07) is 4.86. The molecule has 0 saturated heterocycles. The molecule has 1 atom stereocenters. The zero-order chi connectivity index (χ0) is 14.3. The van der Waals surface area contributed by atoms with E-state index < -0.39 is 0 Å². The quantitative estimate of drug-likeness (QED) is 0.757. The van der Waals surface area contributed by atoms with Crippen molar-refractivity contribution in [3.05, 3.63) is 29.6 Å². The van der Waals surface area contributed by atoms with Crippen molar-refractivity contribution in [3.8, 4) is 5.75 Å². The summed E-state index contributed by atoms with van der Waals surface area (Å²) in [5, 5.41) is 3.30. The van der Waals surface area contributed by atoms with Gasteiger partial charge in [-0.2, -0.15) is 0 Å². The van der Waals surface area contributed by atoms with E-state index in [1.807, 2.05) is 13.8 Å². The van der Waals surface area contributed by atoms with Crippen molar-refractivity contribution < 1.29 is 9.13 Å². The van der Waals surface area contributed by atoms with Crippen LogP contribution in [0.25, 0.3) is 0 Å². The van der Waals surface area contributed by atoms with Gasteiger partial charge in [-0.15, -0.1) is 0 Å². The number of nitrogens with one attached hydrogen (secondary N) is 1. The summed E-state index contributed by atoms with van der Waals surface area (Å²) in [5.41, 5.74) is 0.896. The van der Waals surface area contributed by atoms with Crippen LogP contribution in [0.5, 0.6) is 5.75 Å². The van der Waals surface area contributed by atoms with Crippen LogP contribution in [0, 0.1) is 11.7 Å². The second-order valence-electron chi connectivity index (χ2n) is 4.96. The molecule has 1 aromatic rings. The number of ether oxygens (including phenoxy) is 1. The predicted octanol–water partition coefficient (Wildman–Crippen LogP) is 4.31. The minimum Gasteiger partial charge on any atom is -0.493 e. The molecule has 108 valence electrons. The van der Waals surface area contributed by atoms with Gasteiger partial charge in [0.25, 0.3) is 0 Å². The molecule has 0 aliphatic rings. The lowest BCUT2D eigenvalue weighted by Crippen LogP contribution is -2.19. The van der Waals surface area contributed by atoms with E-state index in [4.69, 9.17) is 4.74 Å². The molecule has 0 saturated carbocycles. The Morgan fingerprint density at radius 2 is 1.89 bits per heavy atom. The lowest BCUT2D eigenvalue weighted by molar-refractivity contribution is 0.237. The molecule has 1 N–H and O–H groups in total. The van der Waals surface area contributed by atoms with Crippen molar-refractivity contribution in [1.29, 1.82) is 0 Å². The summed E-state index contributed by atoms with van der Waals surface area (Å²) in [4.78, 5) is 0. The van der Waals surface area contributed by atoms with Gasteiger partial charge in [0, 0.05) is 11.6 Å². The summed E-state index contributed by atoms with van der Waals surface area (Å²) < 4.78 is 19.3. The van der Waals surface area contributed by atoms with Gasteiger partial charge in [0.1, 0.15) is 11.6 Å². The van der Waals surface area contributed by atoms with E-state index in [9.17, 15) is 4.39 Å². The minimum absolute atomic E-state index is 0.0948. The van der Waals surface area contributed by atoms with Crippen molar-refractivity contribution in [2.45, 2.75) is 46.6 Å². The zero-order valence-corrected chi connectivity index (χ0v) is 12.5. The van der Waals surface area contributed by atoms with E-state index >= 15 is 0 Å². The fourth-order valence-electron chi connectivity index (χ4n) is 2.14. The first-order valence-electron chi connectivity index (χ1n) is 7.27. The molecule has 0 aliphatic carbocycles. The molecule has 3 heteroatoms. The van der Waals surface area contributed by atoms with Crippen LogP contribution in [-0.4, -0.2) is 13.2 Å². The molecule has 0 fully saturated rings. The van der Waals surface area contributed by atoms with Crippen LogP contribution in [0.3, 0.4) is 0 Å². The maximum Gasteiger partial charge on any atom is 0.124 e. The van der Waals surface area contributed by atoms with Crippen LogP contribution in [0.4, 0.5) is 4.39 Å². The molecule has 0 aliphatic heterocycles. The molecule has 0 aromatic heterocycles. The number of hydrogen-bond donors (Lipinski definition) is 1. The Bertz CT molecular complexity index is 377. The van der Waals surface area contributed by atoms with Crippen molar-refractivity contribution in [3.63, 3.8) is 0 Å². The molecular weight excluding hydrogens is 241 g/mol. The summed E-state index contributed by atoms with van der Waals surface area (Å²) in [6.45, 7) is 9.96. The van der Waals surface area contributed by atoms with Crippen LogP contribution >= 0.6 is 0 Å². The highest BCUT2D eigenvalue weighted by Crippen LogP contribution is 2.27. The van der Waals surface area contributed by atoms with Crippen LogP contribution < -0.4 is 10.1 Å². The smallest absolute Gasteiger partial charge is 0.124 e. The molecule has 19 heavy (non-hydrogen) atoms. The third kappa shape index (κ3) is 4.83. The van der Waals surface area contributed by atoms with Gasteiger partial charge in [-0.1, -0.05) is 33.6 Å². The molecule has 1 rings (SSSR count). The van der Waals surface area contributed by atoms with Crippen molar-refractivity contribution in [1.82, 2.24) is 5.32 Å². The second-order valence-corrected chi connectivity index (χ2v) is 4.96. The fourth-order valence-corrected chi connectivity index (χ4v) is 2.14. The Balaban J connectivity index is 2.81. The van der Waals surface area contributed by atoms with Gasteiger partial charge in [-0.3, -0.25) is 0 Å². The Labute approximate surface area is 116 Å². The first kappa shape index (κ1) is 16.0. The largest absolute Gasteiger partial charge is 0.493 e. The molecule has 0 heterocycles. The maximum absolute atomic E-state index is 13.4. The average molecular weight is 267 g/mol. The van der Waals surface area contributed by atoms with E-state index in [0.717, 1.165) is 30.7 Å². The Morgan fingerprint density at radius 1 is 1.21 bits per heavy atom. The number of rotatable bonds is 8. The molecule has 1 unspecified atom stereocenters. The van der Waals surface area contributed by atoms with Crippen molar-refractivity contribution in [2.24, 2.45) is 5.92 Å². The Morgan fingerprint density at radius 3 is 2.47 bits per heavy atom. The van der Waals surface area contributed by atoms with E-state index in [0.29, 0.717) is 12.5 Å². The highest BCUT2D eigenvalue weighted by molar-refractivity contribution is 5.36. The Kier molecular flexibility index (Phi) is 6.85. The molecule has 0 amide bonds. The third-order valence-electron chi connectivity index (χ3n) is 3.58. The van der Waals surface area contributed by atoms with Crippen LogP contribution in [-0.2, 0) is 0 Å². The monoisotopic (exact) mass is 267 g/mol. The van der Waals surface area contributed by atoms with E-state index in [1.54, 1.807) is 12.1 Å². The first-order chi connectivity index (χ1) is 9.12. The number of halogens is 1.